The van der Waals surface area contributed by atoms with E-state index in [1.54, 1.807) is 6.07 Å². The van der Waals surface area contributed by atoms with Crippen LogP contribution in [0.5, 0.6) is 0 Å². The van der Waals surface area contributed by atoms with E-state index in [0.717, 1.165) is 22.6 Å². The van der Waals surface area contributed by atoms with Gasteiger partial charge < -0.3 is 4.90 Å². The summed E-state index contributed by atoms with van der Waals surface area (Å²) in [6, 6.07) is 3.22. The van der Waals surface area contributed by atoms with Gasteiger partial charge in [-0.3, -0.25) is 19.8 Å². The normalized spacial score (nSPS) is 24.0. The number of hydrogen-bond donors (Lipinski definition) is 1. The van der Waals surface area contributed by atoms with Crippen LogP contribution in [0.4, 0.5) is 10.1 Å². The minimum absolute atomic E-state index is 0.0422. The summed E-state index contributed by atoms with van der Waals surface area (Å²) in [6.45, 7) is 6.36. The second-order valence-corrected chi connectivity index (χ2v) is 7.98. The molecule has 7 heteroatoms. The highest BCUT2D eigenvalue weighted by Crippen LogP contribution is 2.43. The van der Waals surface area contributed by atoms with E-state index >= 15 is 0 Å². The number of nitrogens with one attached hydrogen (secondary N) is 1. The lowest BCUT2D eigenvalue weighted by atomic mass is 9.80. The molecule has 3 rings (SSSR count). The number of carbonyl (C=O) groups is 2. The van der Waals surface area contributed by atoms with Gasteiger partial charge in [0.05, 0.1) is 0 Å². The van der Waals surface area contributed by atoms with Gasteiger partial charge in [0.25, 0.3) is 11.8 Å². The van der Waals surface area contributed by atoms with Crippen LogP contribution >= 0.6 is 12.2 Å². The molecule has 0 bridgehead atoms. The Balaban J connectivity index is 2.08. The number of carbonyl (C=O) groups excluding carboxylic acids is 2. The Bertz CT molecular complexity index is 863. The summed E-state index contributed by atoms with van der Waals surface area (Å²) in [5.41, 5.74) is 1.87. The Morgan fingerprint density at radius 2 is 1.96 bits per heavy atom. The Morgan fingerprint density at radius 3 is 2.62 bits per heavy atom. The molecule has 1 aromatic rings. The molecule has 5 nitrogen and oxygen atoms in total. The summed E-state index contributed by atoms with van der Waals surface area (Å²) in [5.74, 6) is -1.38. The molecule has 2 heterocycles. The summed E-state index contributed by atoms with van der Waals surface area (Å²) in [5, 5.41) is 2.48. The van der Waals surface area contributed by atoms with Crippen molar-refractivity contribution in [3.63, 3.8) is 0 Å². The van der Waals surface area contributed by atoms with Crippen LogP contribution in [-0.4, -0.2) is 41.5 Å². The number of thiocarbonyl (C=S) groups is 1. The summed E-state index contributed by atoms with van der Waals surface area (Å²) >= 11 is 4.92. The molecule has 1 aromatic carbocycles. The third kappa shape index (κ3) is 2.90. The van der Waals surface area contributed by atoms with Crippen LogP contribution in [0.25, 0.3) is 6.08 Å². The summed E-state index contributed by atoms with van der Waals surface area (Å²) in [7, 11) is 3.43. The van der Waals surface area contributed by atoms with E-state index in [2.05, 4.69) is 31.0 Å². The predicted octanol–water partition coefficient (Wildman–Crippen LogP) is 2.80. The maximum Gasteiger partial charge on any atom is 0.265 e. The van der Waals surface area contributed by atoms with Gasteiger partial charge in [-0.2, -0.15) is 0 Å². The number of rotatable bonds is 1. The van der Waals surface area contributed by atoms with Gasteiger partial charge in [0.2, 0.25) is 0 Å². The first kappa shape index (κ1) is 18.5. The second-order valence-electron chi connectivity index (χ2n) is 7.59. The molecule has 0 saturated carbocycles. The van der Waals surface area contributed by atoms with E-state index in [1.165, 1.54) is 19.2 Å². The second kappa shape index (κ2) is 6.16. The predicted molar refractivity (Wildman–Crippen MR) is 103 cm³/mol. The maximum atomic E-state index is 14.8. The van der Waals surface area contributed by atoms with Crippen LogP contribution < -0.4 is 10.2 Å². The molecule has 0 aromatic heterocycles. The smallest absolute Gasteiger partial charge is 0.265 e. The quantitative estimate of drug-likeness (QED) is 0.466. The lowest BCUT2D eigenvalue weighted by Crippen LogP contribution is -2.52. The average Bonchev–Trinajstić information content (AvgIpc) is 2.55. The third-order valence-electron chi connectivity index (χ3n) is 5.36. The molecule has 2 aliphatic heterocycles. The monoisotopic (exact) mass is 375 g/mol. The van der Waals surface area contributed by atoms with Crippen LogP contribution in [-0.2, 0) is 9.59 Å². The number of fused-ring (bicyclic) bond motifs is 1. The molecule has 2 amide bonds. The van der Waals surface area contributed by atoms with Crippen molar-refractivity contribution < 1.29 is 14.0 Å². The van der Waals surface area contributed by atoms with E-state index < -0.39 is 17.6 Å². The third-order valence-corrected chi connectivity index (χ3v) is 5.73. The maximum absolute atomic E-state index is 14.8. The molecule has 2 aliphatic rings. The first-order valence-corrected chi connectivity index (χ1v) is 8.86. The van der Waals surface area contributed by atoms with E-state index in [0.29, 0.717) is 0 Å². The Morgan fingerprint density at radius 1 is 1.31 bits per heavy atom. The van der Waals surface area contributed by atoms with Gasteiger partial charge in [0.1, 0.15) is 11.4 Å². The molecule has 26 heavy (non-hydrogen) atoms. The largest absolute Gasteiger partial charge is 0.369 e. The molecule has 1 N–H and O–H groups in total. The zero-order valence-corrected chi connectivity index (χ0v) is 16.3. The van der Waals surface area contributed by atoms with Gasteiger partial charge in [-0.25, -0.2) is 4.39 Å². The van der Waals surface area contributed by atoms with E-state index in [9.17, 15) is 14.0 Å². The number of benzene rings is 1. The Hall–Kier alpha value is -2.28. The van der Waals surface area contributed by atoms with Crippen LogP contribution in [0.1, 0.15) is 44.2 Å². The van der Waals surface area contributed by atoms with Crippen molar-refractivity contribution in [1.29, 1.82) is 0 Å². The molecule has 1 unspecified atom stereocenters. The molecule has 0 spiro atoms. The number of amides is 2. The molecular formula is C19H22FN3O2S. The van der Waals surface area contributed by atoms with E-state index in [4.69, 9.17) is 12.2 Å². The number of hydrogen-bond acceptors (Lipinski definition) is 4. The first-order valence-electron chi connectivity index (χ1n) is 8.45. The lowest BCUT2D eigenvalue weighted by molar-refractivity contribution is -0.128. The highest BCUT2D eigenvalue weighted by atomic mass is 32.1. The fourth-order valence-corrected chi connectivity index (χ4v) is 3.79. The number of halogens is 1. The van der Waals surface area contributed by atoms with Gasteiger partial charge >= 0.3 is 0 Å². The minimum Gasteiger partial charge on any atom is -0.369 e. The summed E-state index contributed by atoms with van der Waals surface area (Å²) in [6.07, 6.45) is 2.23. The van der Waals surface area contributed by atoms with Crippen molar-refractivity contribution in [2.45, 2.75) is 38.6 Å². The van der Waals surface area contributed by atoms with Crippen LogP contribution in [0, 0.1) is 5.82 Å². The Labute approximate surface area is 157 Å². The fraction of sp³-hybridized carbons (Fsp3) is 0.421. The Kier molecular flexibility index (Phi) is 4.38. The highest BCUT2D eigenvalue weighted by Gasteiger charge is 2.35. The molecule has 1 atom stereocenters. The summed E-state index contributed by atoms with van der Waals surface area (Å²) in [4.78, 5) is 27.7. The van der Waals surface area contributed by atoms with Crippen LogP contribution in [0.15, 0.2) is 17.7 Å². The van der Waals surface area contributed by atoms with Crippen molar-refractivity contribution in [3.05, 3.63) is 34.6 Å². The zero-order valence-electron chi connectivity index (χ0n) is 15.5. The van der Waals surface area contributed by atoms with Crippen molar-refractivity contribution >= 4 is 40.9 Å². The standard InChI is InChI=1S/C19H22FN3O2S/c1-10-9-19(2,3)23(5)15-8-14(20)11(6-12(10)15)7-13-16(24)21-18(26)22(4)17(13)25/h6-8,10H,9H2,1-5H3,(H,21,24,26)/b13-7-. The highest BCUT2D eigenvalue weighted by molar-refractivity contribution is 7.80. The van der Waals surface area contributed by atoms with Crippen LogP contribution in [0.3, 0.4) is 0 Å². The molecule has 1 saturated heterocycles. The molecule has 138 valence electrons. The van der Waals surface area contributed by atoms with Gasteiger partial charge in [0.15, 0.2) is 5.11 Å². The molecule has 0 aliphatic carbocycles. The lowest BCUT2D eigenvalue weighted by Gasteiger charge is -2.45. The van der Waals surface area contributed by atoms with Crippen molar-refractivity contribution in [2.75, 3.05) is 19.0 Å². The van der Waals surface area contributed by atoms with Crippen molar-refractivity contribution in [2.24, 2.45) is 0 Å². The van der Waals surface area contributed by atoms with Crippen LogP contribution in [0.2, 0.25) is 0 Å². The average molecular weight is 375 g/mol. The summed E-state index contributed by atoms with van der Waals surface area (Å²) < 4.78 is 14.8. The minimum atomic E-state index is -0.610. The number of nitrogens with zero attached hydrogens (tertiary/aromatic N) is 2. The first-order chi connectivity index (χ1) is 12.0. The molecule has 0 radical (unpaired) electrons. The SMILES string of the molecule is CC1CC(C)(C)N(C)c2cc(F)c(/C=C3/C(=O)NC(=S)N(C)C3=O)cc21. The van der Waals surface area contributed by atoms with Crippen molar-refractivity contribution in [1.82, 2.24) is 10.2 Å². The van der Waals surface area contributed by atoms with Crippen molar-refractivity contribution in [3.8, 4) is 0 Å². The van der Waals surface area contributed by atoms with Gasteiger partial charge in [-0.05, 0) is 62.2 Å². The number of likely N-dealkylation sites (N-methyl/N-ethyl adjacent to an activating group) is 1. The fourth-order valence-electron chi connectivity index (χ4n) is 3.62. The van der Waals surface area contributed by atoms with E-state index in [-0.39, 0.29) is 27.7 Å². The van der Waals surface area contributed by atoms with Gasteiger partial charge in [-0.15, -0.1) is 0 Å². The molecule has 1 fully saturated rings. The zero-order chi connectivity index (χ0) is 19.4. The topological polar surface area (TPSA) is 52.7 Å². The van der Waals surface area contributed by atoms with Gasteiger partial charge in [0, 0.05) is 30.9 Å². The van der Waals surface area contributed by atoms with E-state index in [1.807, 2.05) is 7.05 Å². The molecular weight excluding hydrogens is 353 g/mol. The van der Waals surface area contributed by atoms with Gasteiger partial charge in [-0.1, -0.05) is 6.92 Å². The number of anilines is 1.